The molecule has 7 heteroatoms. The van der Waals surface area contributed by atoms with E-state index < -0.39 is 5.91 Å². The maximum atomic E-state index is 12.3. The van der Waals surface area contributed by atoms with Crippen LogP contribution in [-0.2, 0) is 6.61 Å². The Kier molecular flexibility index (Phi) is 6.82. The molecule has 4 aromatic rings. The highest BCUT2D eigenvalue weighted by atomic mass is 16.5. The second-order valence-electron chi connectivity index (χ2n) is 8.19. The van der Waals surface area contributed by atoms with Gasteiger partial charge in [0.05, 0.1) is 6.21 Å². The van der Waals surface area contributed by atoms with Crippen LogP contribution in [0.4, 0.5) is 5.69 Å². The third kappa shape index (κ3) is 5.38. The van der Waals surface area contributed by atoms with E-state index in [1.807, 2.05) is 67.5 Å². The Bertz CT molecular complexity index is 1260. The highest BCUT2D eigenvalue weighted by molar-refractivity contribution is 5.92. The highest BCUT2D eigenvalue weighted by Gasteiger charge is 2.11. The van der Waals surface area contributed by atoms with E-state index in [0.717, 1.165) is 22.7 Å². The molecule has 0 fully saturated rings. The number of carbonyl (C=O) groups is 1. The summed E-state index contributed by atoms with van der Waals surface area (Å²) in [5.74, 6) is 1.02. The van der Waals surface area contributed by atoms with Crippen LogP contribution < -0.4 is 15.1 Å². The smallest absolute Gasteiger partial charge is 0.307 e. The molecule has 0 saturated heterocycles. The SMILES string of the molecule is Cc1ccc(C)n1-c1ccc(OCc2ccc(C(=O)NN=Cc3ccc(N(C)C)cc3)o2)cc1. The first-order valence-electron chi connectivity index (χ1n) is 11.0. The molecule has 2 heterocycles. The van der Waals surface area contributed by atoms with Gasteiger partial charge in [-0.1, -0.05) is 12.1 Å². The zero-order valence-electron chi connectivity index (χ0n) is 19.8. The molecule has 0 bridgehead atoms. The van der Waals surface area contributed by atoms with E-state index in [0.29, 0.717) is 5.76 Å². The molecular weight excluding hydrogens is 428 g/mol. The summed E-state index contributed by atoms with van der Waals surface area (Å²) < 4.78 is 13.6. The van der Waals surface area contributed by atoms with E-state index in [1.165, 1.54) is 11.4 Å². The Morgan fingerprint density at radius 1 is 0.971 bits per heavy atom. The summed E-state index contributed by atoms with van der Waals surface area (Å²) in [6.45, 7) is 4.38. The quantitative estimate of drug-likeness (QED) is 0.296. The Hall–Kier alpha value is -4.26. The van der Waals surface area contributed by atoms with Gasteiger partial charge < -0.3 is 18.6 Å². The van der Waals surface area contributed by atoms with Crippen molar-refractivity contribution in [2.24, 2.45) is 5.10 Å². The molecule has 0 aliphatic rings. The maximum Gasteiger partial charge on any atom is 0.307 e. The van der Waals surface area contributed by atoms with E-state index in [9.17, 15) is 4.79 Å². The normalized spacial score (nSPS) is 11.1. The maximum absolute atomic E-state index is 12.3. The second kappa shape index (κ2) is 10.1. The van der Waals surface area contributed by atoms with Gasteiger partial charge in [0, 0.05) is 36.9 Å². The number of hydrazone groups is 1. The van der Waals surface area contributed by atoms with E-state index >= 15 is 0 Å². The molecule has 2 aromatic carbocycles. The van der Waals surface area contributed by atoms with Crippen molar-refractivity contribution in [1.82, 2.24) is 9.99 Å². The Morgan fingerprint density at radius 2 is 1.65 bits per heavy atom. The van der Waals surface area contributed by atoms with Gasteiger partial charge in [-0.2, -0.15) is 5.10 Å². The van der Waals surface area contributed by atoms with Crippen molar-refractivity contribution in [3.8, 4) is 11.4 Å². The van der Waals surface area contributed by atoms with E-state index in [4.69, 9.17) is 9.15 Å². The molecule has 4 rings (SSSR count). The standard InChI is InChI=1S/C27H28N4O3/c1-19-5-6-20(2)31(19)23-11-13-24(14-12-23)33-18-25-15-16-26(34-25)27(32)29-28-17-21-7-9-22(10-8-21)30(3)4/h5-17H,18H2,1-4H3,(H,29,32). The van der Waals surface area contributed by atoms with Gasteiger partial charge in [0.2, 0.25) is 0 Å². The van der Waals surface area contributed by atoms with Gasteiger partial charge in [0.25, 0.3) is 0 Å². The summed E-state index contributed by atoms with van der Waals surface area (Å²) in [5, 5.41) is 4.01. The van der Waals surface area contributed by atoms with Crippen LogP contribution in [0.15, 0.2) is 82.3 Å². The van der Waals surface area contributed by atoms with Crippen molar-refractivity contribution < 1.29 is 13.9 Å². The number of nitrogens with zero attached hydrogens (tertiary/aromatic N) is 3. The molecule has 174 valence electrons. The van der Waals surface area contributed by atoms with Crippen LogP contribution in [0.2, 0.25) is 0 Å². The zero-order chi connectivity index (χ0) is 24.1. The minimum absolute atomic E-state index is 0.174. The Labute approximate surface area is 199 Å². The largest absolute Gasteiger partial charge is 0.486 e. The zero-order valence-corrected chi connectivity index (χ0v) is 19.8. The van der Waals surface area contributed by atoms with Crippen LogP contribution >= 0.6 is 0 Å². The summed E-state index contributed by atoms with van der Waals surface area (Å²) in [4.78, 5) is 14.3. The lowest BCUT2D eigenvalue weighted by Crippen LogP contribution is -2.16. The summed E-state index contributed by atoms with van der Waals surface area (Å²) in [6.07, 6.45) is 1.59. The predicted octanol–water partition coefficient (Wildman–Crippen LogP) is 5.10. The lowest BCUT2D eigenvalue weighted by molar-refractivity contribution is 0.0923. The molecule has 0 unspecified atom stereocenters. The number of anilines is 1. The average Bonchev–Trinajstić information content (AvgIpc) is 3.45. The molecule has 2 aromatic heterocycles. The molecule has 0 spiro atoms. The number of aryl methyl sites for hydroxylation is 2. The summed E-state index contributed by atoms with van der Waals surface area (Å²) in [5.41, 5.74) is 7.90. The van der Waals surface area contributed by atoms with Crippen molar-refractivity contribution in [3.05, 3.63) is 101 Å². The molecule has 1 amide bonds. The summed E-state index contributed by atoms with van der Waals surface area (Å²) >= 11 is 0. The number of hydrogen-bond acceptors (Lipinski definition) is 5. The third-order valence-corrected chi connectivity index (χ3v) is 5.42. The van der Waals surface area contributed by atoms with Crippen LogP contribution in [0, 0.1) is 13.8 Å². The molecule has 0 saturated carbocycles. The van der Waals surface area contributed by atoms with Gasteiger partial charge in [-0.25, -0.2) is 5.43 Å². The number of aromatic nitrogens is 1. The van der Waals surface area contributed by atoms with Gasteiger partial charge in [0.1, 0.15) is 18.1 Å². The van der Waals surface area contributed by atoms with E-state index in [2.05, 4.69) is 41.1 Å². The minimum atomic E-state index is -0.422. The van der Waals surface area contributed by atoms with Crippen molar-refractivity contribution in [3.63, 3.8) is 0 Å². The first kappa shape index (κ1) is 22.9. The number of rotatable bonds is 8. The van der Waals surface area contributed by atoms with Gasteiger partial charge in [-0.3, -0.25) is 4.79 Å². The van der Waals surface area contributed by atoms with Crippen LogP contribution in [0.1, 0.15) is 33.3 Å². The van der Waals surface area contributed by atoms with Gasteiger partial charge in [0.15, 0.2) is 5.76 Å². The molecule has 0 atom stereocenters. The molecule has 0 aliphatic heterocycles. The van der Waals surface area contributed by atoms with Crippen LogP contribution in [0.5, 0.6) is 5.75 Å². The van der Waals surface area contributed by atoms with Gasteiger partial charge >= 0.3 is 5.91 Å². The molecule has 34 heavy (non-hydrogen) atoms. The van der Waals surface area contributed by atoms with Gasteiger partial charge in [-0.15, -0.1) is 0 Å². The van der Waals surface area contributed by atoms with Crippen molar-refractivity contribution >= 4 is 17.8 Å². The number of nitrogens with one attached hydrogen (secondary N) is 1. The number of hydrogen-bond donors (Lipinski definition) is 1. The van der Waals surface area contributed by atoms with E-state index in [1.54, 1.807) is 18.3 Å². The molecule has 0 aliphatic carbocycles. The molecular formula is C27H28N4O3. The van der Waals surface area contributed by atoms with Crippen LogP contribution in [0.25, 0.3) is 5.69 Å². The predicted molar refractivity (Wildman–Crippen MR) is 134 cm³/mol. The van der Waals surface area contributed by atoms with Crippen molar-refractivity contribution in [2.45, 2.75) is 20.5 Å². The first-order chi connectivity index (χ1) is 16.4. The molecule has 7 nitrogen and oxygen atoms in total. The fraction of sp³-hybridized carbons (Fsp3) is 0.185. The van der Waals surface area contributed by atoms with E-state index in [-0.39, 0.29) is 12.4 Å². The first-order valence-corrected chi connectivity index (χ1v) is 11.0. The molecule has 1 N–H and O–H groups in total. The topological polar surface area (TPSA) is 72.0 Å². The fourth-order valence-corrected chi connectivity index (χ4v) is 3.58. The Morgan fingerprint density at radius 3 is 2.29 bits per heavy atom. The van der Waals surface area contributed by atoms with Gasteiger partial charge in [-0.05, 0) is 80.1 Å². The number of furan rings is 1. The monoisotopic (exact) mass is 456 g/mol. The van der Waals surface area contributed by atoms with Crippen LogP contribution in [0.3, 0.4) is 0 Å². The third-order valence-electron chi connectivity index (χ3n) is 5.42. The lowest BCUT2D eigenvalue weighted by Gasteiger charge is -2.11. The summed E-state index contributed by atoms with van der Waals surface area (Å²) in [7, 11) is 3.96. The number of benzene rings is 2. The van der Waals surface area contributed by atoms with Crippen LogP contribution in [-0.4, -0.2) is 30.8 Å². The fourth-order valence-electron chi connectivity index (χ4n) is 3.58. The number of carbonyl (C=O) groups excluding carboxylic acids is 1. The average molecular weight is 457 g/mol. The minimum Gasteiger partial charge on any atom is -0.486 e. The molecule has 0 radical (unpaired) electrons. The lowest BCUT2D eigenvalue weighted by atomic mass is 10.2. The number of amides is 1. The Balaban J connectivity index is 1.29. The summed E-state index contributed by atoms with van der Waals surface area (Å²) in [6, 6.07) is 23.2. The number of ether oxygens (including phenoxy) is 1. The van der Waals surface area contributed by atoms with Crippen molar-refractivity contribution in [1.29, 1.82) is 0 Å². The highest BCUT2D eigenvalue weighted by Crippen LogP contribution is 2.21. The second-order valence-corrected chi connectivity index (χ2v) is 8.19. The van der Waals surface area contributed by atoms with Crippen molar-refractivity contribution in [2.75, 3.05) is 19.0 Å².